The van der Waals surface area contributed by atoms with Crippen LogP contribution in [0.2, 0.25) is 0 Å². The molecule has 0 saturated carbocycles. The van der Waals surface area contributed by atoms with Gasteiger partial charge in [-0.3, -0.25) is 4.79 Å². The molecule has 0 amide bonds. The molecule has 3 atom stereocenters. The van der Waals surface area contributed by atoms with E-state index in [1.807, 2.05) is 0 Å². The van der Waals surface area contributed by atoms with E-state index in [9.17, 15) is 9.90 Å². The van der Waals surface area contributed by atoms with E-state index in [1.54, 1.807) is 0 Å². The summed E-state index contributed by atoms with van der Waals surface area (Å²) in [5.41, 5.74) is 0. The van der Waals surface area contributed by atoms with E-state index in [4.69, 9.17) is 0 Å². The van der Waals surface area contributed by atoms with Gasteiger partial charge in [-0.05, 0) is 30.6 Å². The van der Waals surface area contributed by atoms with E-state index in [0.29, 0.717) is 11.8 Å². The molecule has 2 nitrogen and oxygen atoms in total. The van der Waals surface area contributed by atoms with Crippen LogP contribution in [0.4, 0.5) is 0 Å². The summed E-state index contributed by atoms with van der Waals surface area (Å²) in [5.74, 6) is 1.32. The number of carboxylic acids is 1. The molecular formula is C30H60O2. The summed E-state index contributed by atoms with van der Waals surface area (Å²) >= 11 is 0. The Kier molecular flexibility index (Phi) is 21.9. The van der Waals surface area contributed by atoms with Crippen LogP contribution < -0.4 is 0 Å². The molecule has 192 valence electrons. The number of carboxylic acid groups (broad SMARTS) is 1. The van der Waals surface area contributed by atoms with Crippen LogP contribution in [-0.4, -0.2) is 11.1 Å². The Morgan fingerprint density at radius 1 is 0.594 bits per heavy atom. The average molecular weight is 453 g/mol. The Hall–Kier alpha value is -0.530. The summed E-state index contributed by atoms with van der Waals surface area (Å²) in [4.78, 5) is 11.9. The van der Waals surface area contributed by atoms with Crippen LogP contribution in [0.25, 0.3) is 0 Å². The van der Waals surface area contributed by atoms with Gasteiger partial charge in [-0.2, -0.15) is 0 Å². The number of unbranched alkanes of at least 4 members (excludes halogenated alkanes) is 11. The minimum Gasteiger partial charge on any atom is -0.481 e. The van der Waals surface area contributed by atoms with E-state index >= 15 is 0 Å². The van der Waals surface area contributed by atoms with Crippen molar-refractivity contribution < 1.29 is 9.90 Å². The lowest BCUT2D eigenvalue weighted by atomic mass is 9.82. The van der Waals surface area contributed by atoms with Gasteiger partial charge in [0, 0.05) is 0 Å². The van der Waals surface area contributed by atoms with Crippen molar-refractivity contribution in [2.75, 3.05) is 0 Å². The van der Waals surface area contributed by atoms with Crippen molar-refractivity contribution in [2.45, 2.75) is 163 Å². The third-order valence-electron chi connectivity index (χ3n) is 7.30. The monoisotopic (exact) mass is 452 g/mol. The van der Waals surface area contributed by atoms with Gasteiger partial charge in [0.1, 0.15) is 0 Å². The summed E-state index contributed by atoms with van der Waals surface area (Å²) in [6.45, 7) is 11.4. The van der Waals surface area contributed by atoms with Crippen LogP contribution >= 0.6 is 0 Å². The van der Waals surface area contributed by atoms with Gasteiger partial charge in [0.05, 0.1) is 5.92 Å². The maximum atomic E-state index is 11.9. The van der Waals surface area contributed by atoms with E-state index in [1.165, 1.54) is 116 Å². The Bertz CT molecular complexity index is 404. The van der Waals surface area contributed by atoms with E-state index in [2.05, 4.69) is 34.6 Å². The molecule has 0 rings (SSSR count). The maximum absolute atomic E-state index is 11.9. The molecule has 1 N–H and O–H groups in total. The van der Waals surface area contributed by atoms with Crippen LogP contribution in [0.5, 0.6) is 0 Å². The fraction of sp³-hybridized carbons (Fsp3) is 0.967. The molecule has 0 heterocycles. The largest absolute Gasteiger partial charge is 0.481 e. The Morgan fingerprint density at radius 3 is 1.53 bits per heavy atom. The molecule has 2 heteroatoms. The molecule has 0 aliphatic rings. The lowest BCUT2D eigenvalue weighted by Gasteiger charge is -2.23. The van der Waals surface area contributed by atoms with Gasteiger partial charge in [-0.1, -0.05) is 150 Å². The molecule has 0 aromatic carbocycles. The van der Waals surface area contributed by atoms with Gasteiger partial charge in [0.15, 0.2) is 0 Å². The van der Waals surface area contributed by atoms with E-state index < -0.39 is 5.97 Å². The predicted molar refractivity (Wildman–Crippen MR) is 142 cm³/mol. The number of aliphatic carboxylic acids is 1. The zero-order chi connectivity index (χ0) is 24.0. The zero-order valence-electron chi connectivity index (χ0n) is 22.8. The Labute approximate surface area is 202 Å². The summed E-state index contributed by atoms with van der Waals surface area (Å²) < 4.78 is 0. The van der Waals surface area contributed by atoms with Gasteiger partial charge in [-0.25, -0.2) is 0 Å². The molecule has 0 aliphatic heterocycles. The van der Waals surface area contributed by atoms with Crippen molar-refractivity contribution in [3.63, 3.8) is 0 Å². The lowest BCUT2D eigenvalue weighted by Crippen LogP contribution is -2.20. The Morgan fingerprint density at radius 2 is 1.09 bits per heavy atom. The third kappa shape index (κ3) is 20.1. The minimum absolute atomic E-state index is 0.135. The number of carbonyl (C=O) groups is 1. The van der Waals surface area contributed by atoms with Gasteiger partial charge in [-0.15, -0.1) is 0 Å². The van der Waals surface area contributed by atoms with Crippen molar-refractivity contribution in [3.8, 4) is 0 Å². The van der Waals surface area contributed by atoms with Crippen LogP contribution in [0.1, 0.15) is 163 Å². The minimum atomic E-state index is -0.561. The zero-order valence-corrected chi connectivity index (χ0v) is 22.8. The first-order valence-electron chi connectivity index (χ1n) is 14.6. The fourth-order valence-corrected chi connectivity index (χ4v) is 5.22. The molecule has 0 spiro atoms. The number of hydrogen-bond acceptors (Lipinski definition) is 1. The molecule has 0 aromatic rings. The number of hydrogen-bond donors (Lipinski definition) is 1. The first kappa shape index (κ1) is 31.5. The van der Waals surface area contributed by atoms with Crippen LogP contribution in [-0.2, 0) is 4.79 Å². The molecule has 0 aromatic heterocycles. The van der Waals surface area contributed by atoms with Gasteiger partial charge >= 0.3 is 5.97 Å². The summed E-state index contributed by atoms with van der Waals surface area (Å²) in [6, 6.07) is 0. The highest BCUT2D eigenvalue weighted by molar-refractivity contribution is 5.69. The number of rotatable bonds is 24. The highest BCUT2D eigenvalue weighted by Crippen LogP contribution is 2.29. The lowest BCUT2D eigenvalue weighted by molar-refractivity contribution is -0.143. The average Bonchev–Trinajstić information content (AvgIpc) is 2.74. The van der Waals surface area contributed by atoms with Gasteiger partial charge < -0.3 is 5.11 Å². The molecule has 0 bridgehead atoms. The molecule has 0 radical (unpaired) electrons. The van der Waals surface area contributed by atoms with Gasteiger partial charge in [0.2, 0.25) is 0 Å². The summed E-state index contributed by atoms with van der Waals surface area (Å²) in [6.07, 6.45) is 25.7. The molecule has 0 saturated heterocycles. The van der Waals surface area contributed by atoms with Gasteiger partial charge in [0.25, 0.3) is 0 Å². The van der Waals surface area contributed by atoms with E-state index in [0.717, 1.165) is 18.8 Å². The normalized spacial score (nSPS) is 14.6. The molecular weight excluding hydrogens is 392 g/mol. The Balaban J connectivity index is 3.78. The van der Waals surface area contributed by atoms with Crippen LogP contribution in [0, 0.1) is 23.7 Å². The summed E-state index contributed by atoms with van der Waals surface area (Å²) in [5, 5.41) is 9.76. The predicted octanol–water partition coefficient (Wildman–Crippen LogP) is 10.4. The third-order valence-corrected chi connectivity index (χ3v) is 7.30. The molecule has 32 heavy (non-hydrogen) atoms. The second kappa shape index (κ2) is 22.3. The maximum Gasteiger partial charge on any atom is 0.306 e. The van der Waals surface area contributed by atoms with Crippen molar-refractivity contribution in [1.29, 1.82) is 0 Å². The quantitative estimate of drug-likeness (QED) is 0.148. The molecule has 3 unspecified atom stereocenters. The second-order valence-electron chi connectivity index (χ2n) is 11.3. The molecule has 0 aliphatic carbocycles. The SMILES string of the molecule is CCCCC(CCC)CC(CC(C)CCCCCCCCCCCCCC(C)C)C(=O)O. The fourth-order valence-electron chi connectivity index (χ4n) is 5.22. The van der Waals surface area contributed by atoms with Crippen molar-refractivity contribution in [1.82, 2.24) is 0 Å². The first-order valence-corrected chi connectivity index (χ1v) is 14.6. The van der Waals surface area contributed by atoms with E-state index in [-0.39, 0.29) is 5.92 Å². The smallest absolute Gasteiger partial charge is 0.306 e. The highest BCUT2D eigenvalue weighted by Gasteiger charge is 2.24. The van der Waals surface area contributed by atoms with Crippen molar-refractivity contribution >= 4 is 5.97 Å². The second-order valence-corrected chi connectivity index (χ2v) is 11.3. The van der Waals surface area contributed by atoms with Crippen LogP contribution in [0.3, 0.4) is 0 Å². The summed E-state index contributed by atoms with van der Waals surface area (Å²) in [7, 11) is 0. The standard InChI is InChI=1S/C30H60O2/c1-6-8-23-28(20-7-2)25-29(30(31)32)24-27(5)22-19-17-15-13-11-9-10-12-14-16-18-21-26(3)4/h26-29H,6-25H2,1-5H3,(H,31,32). The topological polar surface area (TPSA) is 37.3 Å². The van der Waals surface area contributed by atoms with Crippen LogP contribution in [0.15, 0.2) is 0 Å². The highest BCUT2D eigenvalue weighted by atomic mass is 16.4. The van der Waals surface area contributed by atoms with Crippen molar-refractivity contribution in [2.24, 2.45) is 23.7 Å². The van der Waals surface area contributed by atoms with Crippen molar-refractivity contribution in [3.05, 3.63) is 0 Å². The molecule has 0 fully saturated rings. The first-order chi connectivity index (χ1) is 15.4.